The van der Waals surface area contributed by atoms with Crippen LogP contribution in [0.5, 0.6) is 0 Å². The number of carbonyl (C=O) groups excluding carboxylic acids is 1. The number of anilines is 1. The zero-order valence-electron chi connectivity index (χ0n) is 12.7. The molecule has 1 aromatic carbocycles. The number of carbonyl (C=O) groups is 1. The highest BCUT2D eigenvalue weighted by Crippen LogP contribution is 2.39. The van der Waals surface area contributed by atoms with Crippen LogP contribution in [0.4, 0.5) is 14.9 Å². The molecule has 3 aromatic rings. The number of hydrogen-bond donors (Lipinski definition) is 1. The Morgan fingerprint density at radius 3 is 2.71 bits per heavy atom. The Kier molecular flexibility index (Phi) is 4.08. The lowest BCUT2D eigenvalue weighted by atomic mass is 9.99. The molecule has 3 nitrogen and oxygen atoms in total. The molecule has 1 aliphatic rings. The van der Waals surface area contributed by atoms with Crippen molar-refractivity contribution in [1.29, 1.82) is 0 Å². The molecular formula is C18H15FN2OS2. The molecule has 6 heteroatoms. The lowest BCUT2D eigenvalue weighted by molar-refractivity contribution is 0.195. The van der Waals surface area contributed by atoms with Gasteiger partial charge in [-0.3, -0.25) is 0 Å². The van der Waals surface area contributed by atoms with Gasteiger partial charge in [0.15, 0.2) is 0 Å². The summed E-state index contributed by atoms with van der Waals surface area (Å²) in [5, 5.41) is 7.01. The summed E-state index contributed by atoms with van der Waals surface area (Å²) in [7, 11) is 0. The Labute approximate surface area is 147 Å². The average molecular weight is 358 g/mol. The van der Waals surface area contributed by atoms with Gasteiger partial charge in [0, 0.05) is 22.0 Å². The first kappa shape index (κ1) is 15.4. The molecule has 0 spiro atoms. The molecule has 0 bridgehead atoms. The molecule has 0 unspecified atom stereocenters. The van der Waals surface area contributed by atoms with Gasteiger partial charge in [-0.25, -0.2) is 9.18 Å². The van der Waals surface area contributed by atoms with E-state index >= 15 is 0 Å². The van der Waals surface area contributed by atoms with E-state index in [0.29, 0.717) is 12.2 Å². The molecule has 2 amide bonds. The minimum atomic E-state index is -0.314. The number of fused-ring (bicyclic) bond motifs is 1. The van der Waals surface area contributed by atoms with E-state index in [1.807, 2.05) is 16.3 Å². The van der Waals surface area contributed by atoms with E-state index in [0.717, 1.165) is 11.3 Å². The highest BCUT2D eigenvalue weighted by Gasteiger charge is 2.33. The second kappa shape index (κ2) is 6.37. The van der Waals surface area contributed by atoms with Crippen molar-refractivity contribution in [3.8, 4) is 0 Å². The van der Waals surface area contributed by atoms with Crippen LogP contribution >= 0.6 is 22.7 Å². The zero-order chi connectivity index (χ0) is 16.5. The van der Waals surface area contributed by atoms with Gasteiger partial charge in [-0.05, 0) is 59.1 Å². The van der Waals surface area contributed by atoms with E-state index in [9.17, 15) is 9.18 Å². The second-order valence-corrected chi connectivity index (χ2v) is 7.58. The van der Waals surface area contributed by atoms with Crippen molar-refractivity contribution in [2.75, 3.05) is 11.9 Å². The van der Waals surface area contributed by atoms with E-state index in [1.165, 1.54) is 22.6 Å². The Morgan fingerprint density at radius 2 is 1.96 bits per heavy atom. The number of rotatable bonds is 2. The van der Waals surface area contributed by atoms with Gasteiger partial charge in [-0.15, -0.1) is 22.7 Å². The lowest BCUT2D eigenvalue weighted by Crippen LogP contribution is -2.42. The number of halogens is 1. The van der Waals surface area contributed by atoms with Crippen molar-refractivity contribution in [3.63, 3.8) is 0 Å². The van der Waals surface area contributed by atoms with Gasteiger partial charge in [-0.1, -0.05) is 6.07 Å². The van der Waals surface area contributed by atoms with Gasteiger partial charge >= 0.3 is 6.03 Å². The third-order valence-electron chi connectivity index (χ3n) is 4.13. The predicted octanol–water partition coefficient (Wildman–Crippen LogP) is 5.13. The molecule has 1 aliphatic heterocycles. The van der Waals surface area contributed by atoms with Crippen molar-refractivity contribution in [1.82, 2.24) is 4.90 Å². The predicted molar refractivity (Wildman–Crippen MR) is 96.3 cm³/mol. The summed E-state index contributed by atoms with van der Waals surface area (Å²) in [4.78, 5) is 17.2. The third-order valence-corrected chi connectivity index (χ3v) is 6.06. The average Bonchev–Trinajstić information content (AvgIpc) is 3.27. The van der Waals surface area contributed by atoms with Crippen LogP contribution in [0.3, 0.4) is 0 Å². The molecular weight excluding hydrogens is 343 g/mol. The first-order chi connectivity index (χ1) is 11.7. The molecule has 2 aromatic heterocycles. The maximum absolute atomic E-state index is 13.0. The van der Waals surface area contributed by atoms with Gasteiger partial charge in [-0.2, -0.15) is 0 Å². The largest absolute Gasteiger partial charge is 0.322 e. The van der Waals surface area contributed by atoms with Crippen molar-refractivity contribution < 1.29 is 9.18 Å². The number of amides is 2. The van der Waals surface area contributed by atoms with Gasteiger partial charge < -0.3 is 10.2 Å². The number of nitrogens with zero attached hydrogens (tertiary/aromatic N) is 1. The van der Waals surface area contributed by atoms with Crippen LogP contribution < -0.4 is 5.32 Å². The molecule has 3 heterocycles. The Morgan fingerprint density at radius 1 is 1.12 bits per heavy atom. The topological polar surface area (TPSA) is 32.3 Å². The van der Waals surface area contributed by atoms with Crippen LogP contribution in [0.1, 0.15) is 21.4 Å². The number of urea groups is 1. The minimum absolute atomic E-state index is 0.0551. The monoisotopic (exact) mass is 358 g/mol. The van der Waals surface area contributed by atoms with E-state index < -0.39 is 0 Å². The summed E-state index contributed by atoms with van der Waals surface area (Å²) >= 11 is 3.41. The maximum atomic E-state index is 13.0. The number of hydrogen-bond acceptors (Lipinski definition) is 3. The summed E-state index contributed by atoms with van der Waals surface area (Å²) in [5.41, 5.74) is 1.81. The SMILES string of the molecule is O=C(Nc1ccc(F)cc1)N1CCc2sccc2[C@@H]1c1cccs1. The van der Waals surface area contributed by atoms with Gasteiger partial charge in [0.1, 0.15) is 5.82 Å². The smallest absolute Gasteiger partial charge is 0.312 e. The summed E-state index contributed by atoms with van der Waals surface area (Å²) in [5.74, 6) is -0.314. The highest BCUT2D eigenvalue weighted by atomic mass is 32.1. The Hall–Kier alpha value is -2.18. The molecule has 0 aliphatic carbocycles. The minimum Gasteiger partial charge on any atom is -0.312 e. The summed E-state index contributed by atoms with van der Waals surface area (Å²) in [6, 6.07) is 11.8. The van der Waals surface area contributed by atoms with Crippen molar-refractivity contribution >= 4 is 34.4 Å². The summed E-state index contributed by atoms with van der Waals surface area (Å²) < 4.78 is 13.0. The van der Waals surface area contributed by atoms with E-state index in [2.05, 4.69) is 22.8 Å². The van der Waals surface area contributed by atoms with Crippen LogP contribution in [0.15, 0.2) is 53.2 Å². The zero-order valence-corrected chi connectivity index (χ0v) is 14.4. The van der Waals surface area contributed by atoms with E-state index in [-0.39, 0.29) is 17.9 Å². The molecule has 1 N–H and O–H groups in total. The maximum Gasteiger partial charge on any atom is 0.322 e. The third kappa shape index (κ3) is 2.83. The van der Waals surface area contributed by atoms with E-state index in [4.69, 9.17) is 0 Å². The Bertz CT molecular complexity index is 842. The first-order valence-electron chi connectivity index (χ1n) is 7.65. The fraction of sp³-hybridized carbons (Fsp3) is 0.167. The van der Waals surface area contributed by atoms with E-state index in [1.54, 1.807) is 34.8 Å². The standard InChI is InChI=1S/C18H15FN2OS2/c19-12-3-5-13(6-4-12)20-18(22)21-9-7-15-14(8-11-24-15)17(21)16-2-1-10-23-16/h1-6,8,10-11,17H,7,9H2,(H,20,22)/t17-/m1/s1. The van der Waals surface area contributed by atoms with Gasteiger partial charge in [0.05, 0.1) is 6.04 Å². The Balaban J connectivity index is 1.63. The molecule has 0 radical (unpaired) electrons. The molecule has 24 heavy (non-hydrogen) atoms. The summed E-state index contributed by atoms with van der Waals surface area (Å²) in [6.07, 6.45) is 0.867. The van der Waals surface area contributed by atoms with Gasteiger partial charge in [0.2, 0.25) is 0 Å². The fourth-order valence-corrected chi connectivity index (χ4v) is 4.78. The van der Waals surface area contributed by atoms with Crippen molar-refractivity contribution in [2.24, 2.45) is 0 Å². The quantitative estimate of drug-likeness (QED) is 0.677. The van der Waals surface area contributed by atoms with Crippen LogP contribution in [0.2, 0.25) is 0 Å². The van der Waals surface area contributed by atoms with Crippen LogP contribution in [-0.2, 0) is 6.42 Å². The van der Waals surface area contributed by atoms with Crippen LogP contribution in [0, 0.1) is 5.82 Å². The molecule has 0 saturated carbocycles. The number of nitrogens with one attached hydrogen (secondary N) is 1. The highest BCUT2D eigenvalue weighted by molar-refractivity contribution is 7.10. The van der Waals surface area contributed by atoms with Crippen molar-refractivity contribution in [3.05, 3.63) is 74.4 Å². The molecule has 0 saturated heterocycles. The molecule has 4 rings (SSSR count). The van der Waals surface area contributed by atoms with Gasteiger partial charge in [0.25, 0.3) is 0 Å². The second-order valence-electron chi connectivity index (χ2n) is 5.60. The molecule has 1 atom stereocenters. The summed E-state index contributed by atoms with van der Waals surface area (Å²) in [6.45, 7) is 0.670. The van der Waals surface area contributed by atoms with Crippen LogP contribution in [-0.4, -0.2) is 17.5 Å². The molecule has 0 fully saturated rings. The first-order valence-corrected chi connectivity index (χ1v) is 9.41. The lowest BCUT2D eigenvalue weighted by Gasteiger charge is -2.35. The fourth-order valence-electron chi connectivity index (χ4n) is 3.02. The normalized spacial score (nSPS) is 16.7. The number of thiophene rings is 2. The van der Waals surface area contributed by atoms with Crippen molar-refractivity contribution in [2.45, 2.75) is 12.5 Å². The number of benzene rings is 1. The molecule has 122 valence electrons. The van der Waals surface area contributed by atoms with Crippen LogP contribution in [0.25, 0.3) is 0 Å².